The number of methoxy groups -OCH3 is 1. The largest absolute Gasteiger partial charge is 0.392 e. The average Bonchev–Trinajstić information content (AvgIpc) is 2.42. The SMILES string of the molecule is C=CCN(CCOC)c1cc(CO)cc(C(C)(C)C)n1. The number of rotatable bonds is 7. The van der Waals surface area contributed by atoms with E-state index in [-0.39, 0.29) is 12.0 Å². The maximum Gasteiger partial charge on any atom is 0.129 e. The molecule has 0 fully saturated rings. The highest BCUT2D eigenvalue weighted by atomic mass is 16.5. The van der Waals surface area contributed by atoms with Gasteiger partial charge in [0.05, 0.1) is 13.2 Å². The maximum absolute atomic E-state index is 9.45. The van der Waals surface area contributed by atoms with Gasteiger partial charge in [-0.25, -0.2) is 4.98 Å². The van der Waals surface area contributed by atoms with Crippen LogP contribution in [0.5, 0.6) is 0 Å². The van der Waals surface area contributed by atoms with E-state index in [9.17, 15) is 5.11 Å². The predicted octanol–water partition coefficient (Wildman–Crippen LogP) is 2.51. The lowest BCUT2D eigenvalue weighted by Crippen LogP contribution is -2.29. The van der Waals surface area contributed by atoms with E-state index in [1.54, 1.807) is 7.11 Å². The zero-order chi connectivity index (χ0) is 15.2. The Morgan fingerprint density at radius 2 is 2.10 bits per heavy atom. The molecule has 1 rings (SSSR count). The lowest BCUT2D eigenvalue weighted by Gasteiger charge is -2.26. The Bertz CT molecular complexity index is 439. The van der Waals surface area contributed by atoms with Crippen molar-refractivity contribution < 1.29 is 9.84 Å². The van der Waals surface area contributed by atoms with Crippen LogP contribution in [0.3, 0.4) is 0 Å². The fraction of sp³-hybridized carbons (Fsp3) is 0.562. The van der Waals surface area contributed by atoms with Crippen LogP contribution in [0.2, 0.25) is 0 Å². The summed E-state index contributed by atoms with van der Waals surface area (Å²) in [6, 6.07) is 3.89. The second-order valence-electron chi connectivity index (χ2n) is 5.85. The molecule has 0 saturated carbocycles. The van der Waals surface area contributed by atoms with Crippen molar-refractivity contribution in [1.82, 2.24) is 4.98 Å². The number of pyridine rings is 1. The molecule has 0 radical (unpaired) electrons. The Labute approximate surface area is 122 Å². The van der Waals surface area contributed by atoms with Gasteiger partial charge in [-0.05, 0) is 17.7 Å². The van der Waals surface area contributed by atoms with Gasteiger partial charge in [-0.3, -0.25) is 0 Å². The molecule has 4 heteroatoms. The molecule has 0 aliphatic heterocycles. The first kappa shape index (κ1) is 16.7. The molecule has 1 heterocycles. The van der Waals surface area contributed by atoms with Crippen LogP contribution in [0, 0.1) is 0 Å². The lowest BCUT2D eigenvalue weighted by molar-refractivity contribution is 0.205. The molecule has 20 heavy (non-hydrogen) atoms. The summed E-state index contributed by atoms with van der Waals surface area (Å²) in [4.78, 5) is 6.84. The van der Waals surface area contributed by atoms with Gasteiger partial charge in [0.1, 0.15) is 5.82 Å². The monoisotopic (exact) mass is 278 g/mol. The third-order valence-electron chi connectivity index (χ3n) is 3.06. The number of aliphatic hydroxyl groups is 1. The molecule has 1 aromatic heterocycles. The zero-order valence-corrected chi connectivity index (χ0v) is 13.0. The Kier molecular flexibility index (Phi) is 6.17. The van der Waals surface area contributed by atoms with Crippen molar-refractivity contribution >= 4 is 5.82 Å². The van der Waals surface area contributed by atoms with E-state index in [0.717, 1.165) is 23.6 Å². The van der Waals surface area contributed by atoms with E-state index in [0.29, 0.717) is 13.2 Å². The summed E-state index contributed by atoms with van der Waals surface area (Å²) in [7, 11) is 1.68. The van der Waals surface area contributed by atoms with Gasteiger partial charge in [0.15, 0.2) is 0 Å². The van der Waals surface area contributed by atoms with E-state index < -0.39 is 0 Å². The van der Waals surface area contributed by atoms with Crippen LogP contribution in [0.1, 0.15) is 32.0 Å². The standard InChI is InChI=1S/C16H26N2O2/c1-6-7-18(8-9-20-5)15-11-13(12-19)10-14(17-15)16(2,3)4/h6,10-11,19H,1,7-9,12H2,2-5H3. The molecule has 4 nitrogen and oxygen atoms in total. The van der Waals surface area contributed by atoms with Gasteiger partial charge >= 0.3 is 0 Å². The first-order valence-electron chi connectivity index (χ1n) is 6.89. The second-order valence-corrected chi connectivity index (χ2v) is 5.85. The summed E-state index contributed by atoms with van der Waals surface area (Å²) in [6.07, 6.45) is 1.85. The first-order chi connectivity index (χ1) is 9.42. The molecular formula is C16H26N2O2. The number of anilines is 1. The Morgan fingerprint density at radius 1 is 1.40 bits per heavy atom. The molecule has 0 aliphatic rings. The highest BCUT2D eigenvalue weighted by molar-refractivity contribution is 5.44. The molecular weight excluding hydrogens is 252 g/mol. The molecule has 0 spiro atoms. The number of hydrogen-bond donors (Lipinski definition) is 1. The average molecular weight is 278 g/mol. The third kappa shape index (κ3) is 4.62. The number of ether oxygens (including phenoxy) is 1. The van der Waals surface area contributed by atoms with Gasteiger partial charge in [0.2, 0.25) is 0 Å². The Balaban J connectivity index is 3.15. The fourth-order valence-corrected chi connectivity index (χ4v) is 1.87. The summed E-state index contributed by atoms with van der Waals surface area (Å²) in [6.45, 7) is 12.2. The van der Waals surface area contributed by atoms with Crippen molar-refractivity contribution in [3.63, 3.8) is 0 Å². The van der Waals surface area contributed by atoms with Crippen molar-refractivity contribution in [3.05, 3.63) is 36.0 Å². The number of hydrogen-bond acceptors (Lipinski definition) is 4. The topological polar surface area (TPSA) is 45.6 Å². The maximum atomic E-state index is 9.45. The number of nitrogens with zero attached hydrogens (tertiary/aromatic N) is 2. The summed E-state index contributed by atoms with van der Waals surface area (Å²) in [5, 5.41) is 9.45. The van der Waals surface area contributed by atoms with Crippen LogP contribution in [0.15, 0.2) is 24.8 Å². The van der Waals surface area contributed by atoms with Crippen LogP contribution in [-0.2, 0) is 16.8 Å². The van der Waals surface area contributed by atoms with Crippen LogP contribution in [0.4, 0.5) is 5.82 Å². The van der Waals surface area contributed by atoms with E-state index >= 15 is 0 Å². The van der Waals surface area contributed by atoms with Gasteiger partial charge in [0, 0.05) is 31.3 Å². The zero-order valence-electron chi connectivity index (χ0n) is 13.0. The summed E-state index contributed by atoms with van der Waals surface area (Å²) >= 11 is 0. The predicted molar refractivity (Wildman–Crippen MR) is 83.1 cm³/mol. The third-order valence-corrected chi connectivity index (χ3v) is 3.06. The quantitative estimate of drug-likeness (QED) is 0.778. The minimum Gasteiger partial charge on any atom is -0.392 e. The minimum atomic E-state index is -0.0545. The number of aromatic nitrogens is 1. The lowest BCUT2D eigenvalue weighted by atomic mass is 9.91. The molecule has 0 unspecified atom stereocenters. The van der Waals surface area contributed by atoms with E-state index in [4.69, 9.17) is 9.72 Å². The highest BCUT2D eigenvalue weighted by Gasteiger charge is 2.18. The molecule has 112 valence electrons. The Hall–Kier alpha value is -1.39. The summed E-state index contributed by atoms with van der Waals surface area (Å²) in [5.74, 6) is 0.860. The summed E-state index contributed by atoms with van der Waals surface area (Å²) < 4.78 is 5.14. The van der Waals surface area contributed by atoms with Crippen LogP contribution >= 0.6 is 0 Å². The highest BCUT2D eigenvalue weighted by Crippen LogP contribution is 2.25. The van der Waals surface area contributed by atoms with Crippen molar-refractivity contribution in [2.75, 3.05) is 31.7 Å². The molecule has 0 aliphatic carbocycles. The van der Waals surface area contributed by atoms with Crippen molar-refractivity contribution in [2.45, 2.75) is 32.8 Å². The number of aliphatic hydroxyl groups excluding tert-OH is 1. The normalized spacial score (nSPS) is 11.4. The first-order valence-corrected chi connectivity index (χ1v) is 6.89. The van der Waals surface area contributed by atoms with Crippen molar-refractivity contribution in [2.24, 2.45) is 0 Å². The van der Waals surface area contributed by atoms with E-state index in [1.165, 1.54) is 0 Å². The fourth-order valence-electron chi connectivity index (χ4n) is 1.87. The van der Waals surface area contributed by atoms with Crippen LogP contribution in [0.25, 0.3) is 0 Å². The Morgan fingerprint density at radius 3 is 2.60 bits per heavy atom. The van der Waals surface area contributed by atoms with Crippen LogP contribution < -0.4 is 4.90 Å². The van der Waals surface area contributed by atoms with Crippen molar-refractivity contribution in [1.29, 1.82) is 0 Å². The van der Waals surface area contributed by atoms with E-state index in [1.807, 2.05) is 18.2 Å². The van der Waals surface area contributed by atoms with Gasteiger partial charge in [-0.2, -0.15) is 0 Å². The van der Waals surface area contributed by atoms with Gasteiger partial charge < -0.3 is 14.7 Å². The minimum absolute atomic E-state index is 0.0187. The molecule has 0 bridgehead atoms. The van der Waals surface area contributed by atoms with Gasteiger partial charge in [-0.15, -0.1) is 6.58 Å². The second kappa shape index (κ2) is 7.41. The van der Waals surface area contributed by atoms with Gasteiger partial charge in [-0.1, -0.05) is 26.8 Å². The molecule has 1 N–H and O–H groups in total. The van der Waals surface area contributed by atoms with Crippen molar-refractivity contribution in [3.8, 4) is 0 Å². The van der Waals surface area contributed by atoms with E-state index in [2.05, 4.69) is 32.3 Å². The van der Waals surface area contributed by atoms with Crippen LogP contribution in [-0.4, -0.2) is 36.9 Å². The molecule has 0 aromatic carbocycles. The molecule has 1 aromatic rings. The molecule has 0 amide bonds. The molecule has 0 atom stereocenters. The summed E-state index contributed by atoms with van der Waals surface area (Å²) in [5.41, 5.74) is 1.80. The smallest absolute Gasteiger partial charge is 0.129 e. The van der Waals surface area contributed by atoms with Gasteiger partial charge in [0.25, 0.3) is 0 Å². The molecule has 0 saturated heterocycles.